The molecule has 0 N–H and O–H groups in total. The predicted octanol–water partition coefficient (Wildman–Crippen LogP) is 8.27. The third-order valence-corrected chi connectivity index (χ3v) is 11.6. The van der Waals surface area contributed by atoms with Crippen molar-refractivity contribution < 1.29 is 38.0 Å². The number of methoxy groups -OCH3 is 2. The van der Waals surface area contributed by atoms with Crippen LogP contribution in [-0.2, 0) is 10.8 Å². The molecule has 4 nitrogen and oxygen atoms in total. The zero-order valence-corrected chi connectivity index (χ0v) is 33.5. The largest absolute Gasteiger partial charge is 1.00 e. The molecule has 3 aliphatic rings. The van der Waals surface area contributed by atoms with Gasteiger partial charge in [0.15, 0.2) is 5.71 Å². The van der Waals surface area contributed by atoms with Gasteiger partial charge < -0.3 is 38.4 Å². The minimum Gasteiger partial charge on any atom is -1.00 e. The van der Waals surface area contributed by atoms with Gasteiger partial charge in [0.25, 0.3) is 0 Å². The van der Waals surface area contributed by atoms with Gasteiger partial charge in [-0.2, -0.15) is 4.58 Å². The molecule has 4 aromatic carbocycles. The van der Waals surface area contributed by atoms with Crippen molar-refractivity contribution in [1.82, 2.24) is 0 Å². The molecule has 0 fully saturated rings. The zero-order chi connectivity index (χ0) is 34.7. The van der Waals surface area contributed by atoms with E-state index in [2.05, 4.69) is 136 Å². The van der Waals surface area contributed by atoms with Crippen LogP contribution in [0.1, 0.15) is 71.9 Å². The van der Waals surface area contributed by atoms with E-state index in [1.165, 1.54) is 66.6 Å². The zero-order valence-electron chi connectivity index (χ0n) is 30.6. The minimum atomic E-state index is -0.164. The number of likely N-dealkylation sites (N-methyl/N-ethyl adjacent to an activating group) is 1. The van der Waals surface area contributed by atoms with Gasteiger partial charge in [0, 0.05) is 46.1 Å². The summed E-state index contributed by atoms with van der Waals surface area (Å²) in [5.41, 5.74) is 10.0. The van der Waals surface area contributed by atoms with Crippen molar-refractivity contribution in [3.63, 3.8) is 0 Å². The smallest absolute Gasteiger partial charge is 0.210 e. The lowest BCUT2D eigenvalue weighted by Gasteiger charge is -2.26. The van der Waals surface area contributed by atoms with E-state index in [9.17, 15) is 0 Å². The minimum absolute atomic E-state index is 0. The molecule has 0 amide bonds. The van der Waals surface area contributed by atoms with Gasteiger partial charge in [-0.1, -0.05) is 55.8 Å². The number of rotatable bonds is 7. The Hall–Kier alpha value is -3.55. The van der Waals surface area contributed by atoms with Gasteiger partial charge in [0.1, 0.15) is 18.0 Å². The van der Waals surface area contributed by atoms with Gasteiger partial charge in [0.05, 0.1) is 19.6 Å². The molecule has 2 aliphatic heterocycles. The fourth-order valence-electron chi connectivity index (χ4n) is 8.65. The lowest BCUT2D eigenvalue weighted by Crippen LogP contribution is -3.00. The summed E-state index contributed by atoms with van der Waals surface area (Å²) in [5, 5.41) is 5.87. The molecular formula is C44H48ClIN2O2. The van der Waals surface area contributed by atoms with E-state index in [0.29, 0.717) is 0 Å². The maximum Gasteiger partial charge on any atom is 0.210 e. The number of benzene rings is 4. The third-order valence-electron chi connectivity index (χ3n) is 11.1. The van der Waals surface area contributed by atoms with E-state index in [1.54, 1.807) is 14.2 Å². The predicted molar refractivity (Wildman–Crippen MR) is 208 cm³/mol. The van der Waals surface area contributed by atoms with Gasteiger partial charge in [-0.15, -0.1) is 0 Å². The summed E-state index contributed by atoms with van der Waals surface area (Å²) < 4.78 is 13.5. The van der Waals surface area contributed by atoms with Crippen LogP contribution in [0.3, 0.4) is 0 Å². The highest BCUT2D eigenvalue weighted by atomic mass is 127. The van der Waals surface area contributed by atoms with Crippen LogP contribution in [0.25, 0.3) is 21.5 Å². The third kappa shape index (κ3) is 5.78. The van der Waals surface area contributed by atoms with Gasteiger partial charge in [-0.05, 0) is 128 Å². The standard InChI is InChI=1S/C44H48ClN2O2.HI/c1-9-46-36-22-14-30-26-32(48-7)18-20-34(30)40(36)43(3,4)38(46)24-16-28-12-11-13-29(42(28)45)17-25-39-44(5,6)41-35-21-19-33(49-8)27-31(35)15-23-37(41)47(39)10-2;/h14-27H,9-13H2,1-8H3;1H/q+1;/p-1. The Balaban J connectivity index is 0.00000432. The normalized spacial score (nSPS) is 19.6. The molecule has 0 spiro atoms. The number of allylic oxidation sites excluding steroid dienone is 8. The lowest BCUT2D eigenvalue weighted by atomic mass is 9.78. The highest BCUT2D eigenvalue weighted by molar-refractivity contribution is 6.32. The quantitative estimate of drug-likeness (QED) is 0.139. The molecule has 1 aliphatic carbocycles. The Morgan fingerprint density at radius 3 is 2.04 bits per heavy atom. The van der Waals surface area contributed by atoms with E-state index in [4.69, 9.17) is 21.1 Å². The molecule has 0 radical (unpaired) electrons. The molecule has 7 rings (SSSR count). The number of hydrogen-bond donors (Lipinski definition) is 0. The van der Waals surface area contributed by atoms with Crippen LogP contribution < -0.4 is 38.4 Å². The van der Waals surface area contributed by atoms with Crippen LogP contribution in [0.5, 0.6) is 11.5 Å². The summed E-state index contributed by atoms with van der Waals surface area (Å²) in [4.78, 5) is 2.47. The highest BCUT2D eigenvalue weighted by Crippen LogP contribution is 2.51. The van der Waals surface area contributed by atoms with E-state index in [1.807, 2.05) is 0 Å². The average molecular weight is 799 g/mol. The van der Waals surface area contributed by atoms with Crippen LogP contribution in [0, 0.1) is 0 Å². The topological polar surface area (TPSA) is 24.7 Å². The Labute approximate surface area is 319 Å². The molecule has 0 saturated heterocycles. The summed E-state index contributed by atoms with van der Waals surface area (Å²) in [7, 11) is 3.45. The van der Waals surface area contributed by atoms with Crippen molar-refractivity contribution in [3.05, 3.63) is 118 Å². The number of anilines is 1. The van der Waals surface area contributed by atoms with E-state index in [0.717, 1.165) is 48.9 Å². The molecule has 4 aromatic rings. The van der Waals surface area contributed by atoms with E-state index >= 15 is 0 Å². The van der Waals surface area contributed by atoms with Crippen molar-refractivity contribution in [3.8, 4) is 11.5 Å². The molecule has 50 heavy (non-hydrogen) atoms. The summed E-state index contributed by atoms with van der Waals surface area (Å²) in [6, 6.07) is 21.8. The van der Waals surface area contributed by atoms with Crippen LogP contribution >= 0.6 is 11.6 Å². The second kappa shape index (κ2) is 13.9. The molecule has 0 aromatic heterocycles. The Morgan fingerprint density at radius 1 is 0.780 bits per heavy atom. The first-order chi connectivity index (χ1) is 23.5. The molecule has 6 heteroatoms. The number of fused-ring (bicyclic) bond motifs is 6. The fourth-order valence-corrected chi connectivity index (χ4v) is 8.96. The van der Waals surface area contributed by atoms with Crippen molar-refractivity contribution in [2.45, 2.75) is 71.6 Å². The second-order valence-corrected chi connectivity index (χ2v) is 14.9. The number of ether oxygens (including phenoxy) is 2. The van der Waals surface area contributed by atoms with Crippen molar-refractivity contribution in [2.75, 3.05) is 32.2 Å². The molecule has 0 saturated carbocycles. The van der Waals surface area contributed by atoms with Gasteiger partial charge in [-0.25, -0.2) is 0 Å². The number of halogens is 2. The second-order valence-electron chi connectivity index (χ2n) is 14.5. The monoisotopic (exact) mass is 798 g/mol. The first-order valence-corrected chi connectivity index (χ1v) is 18.1. The SMILES string of the molecule is CCN1/C(=C/C=C2\CCCC(/C=C/C3=[N+](CC)c4ccc5cc(OC)ccc5c4C3(C)C)=C2Cl)C(C)(C)c2c1ccc1cc(OC)ccc21.[I-]. The maximum atomic E-state index is 7.26. The van der Waals surface area contributed by atoms with Crippen molar-refractivity contribution in [2.24, 2.45) is 0 Å². The molecule has 0 bridgehead atoms. The van der Waals surface area contributed by atoms with E-state index in [-0.39, 0.29) is 34.8 Å². The summed E-state index contributed by atoms with van der Waals surface area (Å²) in [5.74, 6) is 1.77. The molecule has 0 atom stereocenters. The first kappa shape index (κ1) is 36.2. The molecular weight excluding hydrogens is 751 g/mol. The summed E-state index contributed by atoms with van der Waals surface area (Å²) in [6.07, 6.45) is 12.3. The van der Waals surface area contributed by atoms with Crippen LogP contribution in [0.15, 0.2) is 107 Å². The Bertz CT molecular complexity index is 2170. The highest BCUT2D eigenvalue weighted by Gasteiger charge is 2.45. The maximum absolute atomic E-state index is 7.26. The van der Waals surface area contributed by atoms with Gasteiger partial charge >= 0.3 is 0 Å². The average Bonchev–Trinajstić information content (AvgIpc) is 3.47. The van der Waals surface area contributed by atoms with Gasteiger partial charge in [0.2, 0.25) is 5.69 Å². The van der Waals surface area contributed by atoms with Gasteiger partial charge in [-0.3, -0.25) is 0 Å². The number of nitrogens with zero attached hydrogens (tertiary/aromatic N) is 2. The van der Waals surface area contributed by atoms with Crippen LogP contribution in [-0.4, -0.2) is 37.6 Å². The summed E-state index contributed by atoms with van der Waals surface area (Å²) >= 11 is 7.26. The van der Waals surface area contributed by atoms with E-state index < -0.39 is 0 Å². The Morgan fingerprint density at radius 2 is 1.42 bits per heavy atom. The molecule has 260 valence electrons. The first-order valence-electron chi connectivity index (χ1n) is 17.7. The molecule has 2 heterocycles. The fraction of sp³-hybridized carbons (Fsp3) is 0.341. The molecule has 0 unspecified atom stereocenters. The lowest BCUT2D eigenvalue weighted by molar-refractivity contribution is -0.433. The van der Waals surface area contributed by atoms with Crippen molar-refractivity contribution >= 4 is 50.2 Å². The number of hydrogen-bond acceptors (Lipinski definition) is 3. The summed E-state index contributed by atoms with van der Waals surface area (Å²) in [6.45, 7) is 15.7. The van der Waals surface area contributed by atoms with Crippen LogP contribution in [0.4, 0.5) is 11.4 Å². The van der Waals surface area contributed by atoms with Crippen LogP contribution in [0.2, 0.25) is 0 Å². The Kier molecular flexibility index (Phi) is 10.1. The van der Waals surface area contributed by atoms with Crippen molar-refractivity contribution in [1.29, 1.82) is 0 Å².